The standard InChI is InChI=1S/C6H10NO5P.Na/c8-4(2-13)7-3(6(11)12)1-5(9)10;/h3H,1-2,13H2,(H,7,8)(H,9,10)(H,11,12);/q;+1/p-1/t3-;/m0./s1. The van der Waals surface area contributed by atoms with Crippen LogP contribution >= 0.6 is 9.24 Å². The summed E-state index contributed by atoms with van der Waals surface area (Å²) >= 11 is 0. The molecule has 0 aliphatic carbocycles. The van der Waals surface area contributed by atoms with E-state index < -0.39 is 30.3 Å². The molecule has 0 aromatic heterocycles. The van der Waals surface area contributed by atoms with Crippen molar-refractivity contribution in [1.29, 1.82) is 0 Å². The summed E-state index contributed by atoms with van der Waals surface area (Å²) in [5, 5.41) is 20.6. The molecule has 6 nitrogen and oxygen atoms in total. The van der Waals surface area contributed by atoms with Crippen molar-refractivity contribution in [2.24, 2.45) is 0 Å². The van der Waals surface area contributed by atoms with Crippen LogP contribution in [0.4, 0.5) is 0 Å². The van der Waals surface area contributed by atoms with E-state index in [-0.39, 0.29) is 35.7 Å². The third-order valence-electron chi connectivity index (χ3n) is 1.18. The number of carboxylic acids is 2. The zero-order chi connectivity index (χ0) is 10.4. The molecule has 0 rings (SSSR count). The van der Waals surface area contributed by atoms with Crippen molar-refractivity contribution in [3.63, 3.8) is 0 Å². The largest absolute Gasteiger partial charge is 1.00 e. The fourth-order valence-electron chi connectivity index (χ4n) is 0.621. The number of amides is 1. The number of nitrogens with one attached hydrogen (secondary N) is 1. The van der Waals surface area contributed by atoms with Crippen molar-refractivity contribution in [1.82, 2.24) is 5.32 Å². The summed E-state index contributed by atoms with van der Waals surface area (Å²) in [6.45, 7) is 0. The van der Waals surface area contributed by atoms with Gasteiger partial charge in [-0.05, 0) is 0 Å². The quantitative estimate of drug-likeness (QED) is 0.361. The maximum atomic E-state index is 10.7. The number of hydrogen-bond acceptors (Lipinski definition) is 4. The topological polar surface area (TPSA) is 107 Å². The normalized spacial score (nSPS) is 10.9. The molecule has 0 spiro atoms. The van der Waals surface area contributed by atoms with E-state index in [0.717, 1.165) is 0 Å². The molecule has 8 heteroatoms. The van der Waals surface area contributed by atoms with Gasteiger partial charge >= 0.3 is 35.5 Å². The Balaban J connectivity index is 0. The Labute approximate surface area is 105 Å². The van der Waals surface area contributed by atoms with Gasteiger partial charge < -0.3 is 20.3 Å². The molecule has 1 amide bonds. The fraction of sp³-hybridized carbons (Fsp3) is 0.500. The summed E-state index contributed by atoms with van der Waals surface area (Å²) in [5.41, 5.74) is 0. The number of rotatable bonds is 5. The molecule has 0 heterocycles. The molecule has 0 aliphatic heterocycles. The summed E-state index contributed by atoms with van der Waals surface area (Å²) < 4.78 is 0. The van der Waals surface area contributed by atoms with Gasteiger partial charge in [0.1, 0.15) is 0 Å². The van der Waals surface area contributed by atoms with Crippen molar-refractivity contribution in [2.75, 3.05) is 6.16 Å². The Hall–Kier alpha value is -0.160. The van der Waals surface area contributed by atoms with Gasteiger partial charge in [0.2, 0.25) is 5.91 Å². The van der Waals surface area contributed by atoms with Crippen molar-refractivity contribution in [2.45, 2.75) is 12.5 Å². The first kappa shape index (κ1) is 16.3. The molecule has 2 N–H and O–H groups in total. The third-order valence-corrected chi connectivity index (χ3v) is 1.55. The fourth-order valence-corrected chi connectivity index (χ4v) is 0.739. The van der Waals surface area contributed by atoms with E-state index in [9.17, 15) is 19.5 Å². The molecular weight excluding hydrogens is 220 g/mol. The number of carbonyl (C=O) groups excluding carboxylic acids is 2. The second-order valence-corrected chi connectivity index (χ2v) is 2.65. The second kappa shape index (κ2) is 8.17. The summed E-state index contributed by atoms with van der Waals surface area (Å²) in [5.74, 6) is -3.46. The zero-order valence-electron chi connectivity index (χ0n) is 7.65. The van der Waals surface area contributed by atoms with Gasteiger partial charge in [0, 0.05) is 6.16 Å². The van der Waals surface area contributed by atoms with Gasteiger partial charge in [0.05, 0.1) is 18.4 Å². The molecule has 1 unspecified atom stereocenters. The summed E-state index contributed by atoms with van der Waals surface area (Å²) in [4.78, 5) is 31.1. The monoisotopic (exact) mass is 229 g/mol. The van der Waals surface area contributed by atoms with Crippen LogP contribution in [-0.4, -0.2) is 35.2 Å². The minimum absolute atomic E-state index is 0. The van der Waals surface area contributed by atoms with E-state index in [1.807, 2.05) is 5.32 Å². The number of carbonyl (C=O) groups is 3. The van der Waals surface area contributed by atoms with Gasteiger partial charge in [0.25, 0.3) is 0 Å². The third kappa shape index (κ3) is 7.26. The van der Waals surface area contributed by atoms with Gasteiger partial charge in [-0.1, -0.05) is 0 Å². The molecule has 0 aromatic carbocycles. The molecule has 0 bridgehead atoms. The van der Waals surface area contributed by atoms with Gasteiger partial charge in [-0.3, -0.25) is 9.59 Å². The zero-order valence-corrected chi connectivity index (χ0v) is 10.8. The average molecular weight is 229 g/mol. The van der Waals surface area contributed by atoms with E-state index in [2.05, 4.69) is 9.24 Å². The van der Waals surface area contributed by atoms with E-state index in [4.69, 9.17) is 5.11 Å². The Morgan fingerprint density at radius 1 is 1.43 bits per heavy atom. The van der Waals surface area contributed by atoms with Gasteiger partial charge in [-0.2, -0.15) is 0 Å². The number of hydrogen-bond donors (Lipinski definition) is 2. The van der Waals surface area contributed by atoms with Crippen LogP contribution in [0.2, 0.25) is 0 Å². The molecule has 0 aromatic rings. The van der Waals surface area contributed by atoms with Crippen molar-refractivity contribution >= 4 is 27.1 Å². The molecule has 0 radical (unpaired) electrons. The van der Waals surface area contributed by atoms with Crippen LogP contribution in [0.3, 0.4) is 0 Å². The molecule has 0 fully saturated rings. The minimum atomic E-state index is -1.60. The summed E-state index contributed by atoms with van der Waals surface area (Å²) in [7, 11) is 2.09. The van der Waals surface area contributed by atoms with Crippen LogP contribution < -0.4 is 40.0 Å². The Morgan fingerprint density at radius 2 is 1.93 bits per heavy atom. The van der Waals surface area contributed by atoms with Crippen molar-refractivity contribution in [3.05, 3.63) is 0 Å². The van der Waals surface area contributed by atoms with Crippen LogP contribution in [0, 0.1) is 0 Å². The maximum absolute atomic E-state index is 10.7. The van der Waals surface area contributed by atoms with E-state index in [1.165, 1.54) is 0 Å². The van der Waals surface area contributed by atoms with Crippen LogP contribution in [0.5, 0.6) is 0 Å². The molecule has 2 atom stereocenters. The molecule has 0 saturated carbocycles. The van der Waals surface area contributed by atoms with Crippen LogP contribution in [0.15, 0.2) is 0 Å². The van der Waals surface area contributed by atoms with Gasteiger partial charge in [-0.15, -0.1) is 9.24 Å². The molecule has 0 saturated heterocycles. The summed E-state index contributed by atoms with van der Waals surface area (Å²) in [6.07, 6.45) is -0.665. The SMILES string of the molecule is O=C(O)C[C@H](NC(=O)CP)C(=O)[O-].[Na+]. The average Bonchev–Trinajstić information content (AvgIpc) is 2.02. The first-order valence-electron chi connectivity index (χ1n) is 3.39. The number of carboxylic acid groups (broad SMARTS) is 2. The second-order valence-electron chi connectivity index (χ2n) is 2.24. The predicted octanol–water partition coefficient (Wildman–Crippen LogP) is -5.43. The van der Waals surface area contributed by atoms with Crippen molar-refractivity contribution in [3.8, 4) is 0 Å². The molecule has 0 aliphatic rings. The van der Waals surface area contributed by atoms with E-state index >= 15 is 0 Å². The maximum Gasteiger partial charge on any atom is 1.00 e. The first-order chi connectivity index (χ1) is 5.97. The minimum Gasteiger partial charge on any atom is -0.548 e. The van der Waals surface area contributed by atoms with E-state index in [1.54, 1.807) is 0 Å². The molecule has 74 valence electrons. The Morgan fingerprint density at radius 3 is 2.21 bits per heavy atom. The smallest absolute Gasteiger partial charge is 0.548 e. The van der Waals surface area contributed by atoms with E-state index in [0.29, 0.717) is 0 Å². The number of aliphatic carboxylic acids is 2. The summed E-state index contributed by atoms with van der Waals surface area (Å²) in [6, 6.07) is -1.47. The van der Waals surface area contributed by atoms with Gasteiger partial charge in [0.15, 0.2) is 0 Å². The molecule has 14 heavy (non-hydrogen) atoms. The van der Waals surface area contributed by atoms with Gasteiger partial charge in [-0.25, -0.2) is 0 Å². The first-order valence-corrected chi connectivity index (χ1v) is 4.21. The van der Waals surface area contributed by atoms with Crippen LogP contribution in [-0.2, 0) is 14.4 Å². The molecular formula is C6H9NNaO5P. The Bertz CT molecular complexity index is 234. The van der Waals surface area contributed by atoms with Crippen LogP contribution in [0.1, 0.15) is 6.42 Å². The predicted molar refractivity (Wildman–Crippen MR) is 43.8 cm³/mol. The van der Waals surface area contributed by atoms with Crippen LogP contribution in [0.25, 0.3) is 0 Å². The Kier molecular flexibility index (Phi) is 9.50. The van der Waals surface area contributed by atoms with Crippen molar-refractivity contribution < 1.29 is 54.2 Å².